The van der Waals surface area contributed by atoms with Gasteiger partial charge in [0.15, 0.2) is 0 Å². The summed E-state index contributed by atoms with van der Waals surface area (Å²) in [7, 11) is 0. The smallest absolute Gasteiger partial charge is 0.254 e. The number of H-pyrrole nitrogens is 1. The van der Waals surface area contributed by atoms with Gasteiger partial charge in [-0.15, -0.1) is 0 Å². The number of nitrogens with zero attached hydrogens (tertiary/aromatic N) is 1. The molecule has 1 fully saturated rings. The van der Waals surface area contributed by atoms with Gasteiger partial charge in [0, 0.05) is 42.4 Å². The number of hydrogen-bond donors (Lipinski definition) is 1. The van der Waals surface area contributed by atoms with Crippen LogP contribution in [-0.2, 0) is 4.74 Å². The first-order valence-electron chi connectivity index (χ1n) is 7.26. The molecule has 0 spiro atoms. The Kier molecular flexibility index (Phi) is 3.74. The van der Waals surface area contributed by atoms with Gasteiger partial charge in [0.1, 0.15) is 0 Å². The Morgan fingerprint density at radius 1 is 1.35 bits per heavy atom. The molecule has 1 aromatic heterocycles. The Morgan fingerprint density at radius 3 is 2.90 bits per heavy atom. The molecule has 1 amide bonds. The topological polar surface area (TPSA) is 45.3 Å². The van der Waals surface area contributed by atoms with Gasteiger partial charge in [-0.3, -0.25) is 4.79 Å². The zero-order valence-electron chi connectivity index (χ0n) is 11.8. The van der Waals surface area contributed by atoms with Crippen molar-refractivity contribution in [1.29, 1.82) is 0 Å². The molecule has 106 valence electrons. The standard InChI is InChI=1S/C16H20N2O2/c1-2-20-12-7-10-18(11-8-12)16(19)14-4-3-5-15-13(14)6-9-17-15/h3-6,9,12,17H,2,7-8,10-11H2,1H3. The summed E-state index contributed by atoms with van der Waals surface area (Å²) in [5.41, 5.74) is 1.80. The number of ether oxygens (including phenoxy) is 1. The Balaban J connectivity index is 1.75. The lowest BCUT2D eigenvalue weighted by Crippen LogP contribution is -2.40. The van der Waals surface area contributed by atoms with Gasteiger partial charge in [0.2, 0.25) is 0 Å². The van der Waals surface area contributed by atoms with Crippen LogP contribution in [0.1, 0.15) is 30.1 Å². The molecule has 0 aliphatic carbocycles. The molecule has 4 nitrogen and oxygen atoms in total. The molecule has 0 unspecified atom stereocenters. The van der Waals surface area contributed by atoms with Crippen molar-refractivity contribution in [2.24, 2.45) is 0 Å². The summed E-state index contributed by atoms with van der Waals surface area (Å²) in [5.74, 6) is 0.130. The van der Waals surface area contributed by atoms with E-state index >= 15 is 0 Å². The van der Waals surface area contributed by atoms with Crippen molar-refractivity contribution in [1.82, 2.24) is 9.88 Å². The Morgan fingerprint density at radius 2 is 2.15 bits per heavy atom. The highest BCUT2D eigenvalue weighted by Gasteiger charge is 2.24. The molecule has 1 saturated heterocycles. The monoisotopic (exact) mass is 272 g/mol. The summed E-state index contributed by atoms with van der Waals surface area (Å²) >= 11 is 0. The van der Waals surface area contributed by atoms with E-state index in [4.69, 9.17) is 4.74 Å². The number of aromatic nitrogens is 1. The molecule has 0 bridgehead atoms. The van der Waals surface area contributed by atoms with Crippen LogP contribution in [0, 0.1) is 0 Å². The number of carbonyl (C=O) groups is 1. The zero-order chi connectivity index (χ0) is 13.9. The minimum Gasteiger partial charge on any atom is -0.378 e. The highest BCUT2D eigenvalue weighted by atomic mass is 16.5. The van der Waals surface area contributed by atoms with E-state index in [9.17, 15) is 4.79 Å². The maximum Gasteiger partial charge on any atom is 0.254 e. The lowest BCUT2D eigenvalue weighted by molar-refractivity contribution is 0.0146. The van der Waals surface area contributed by atoms with Gasteiger partial charge < -0.3 is 14.6 Å². The molecule has 0 atom stereocenters. The van der Waals surface area contributed by atoms with Gasteiger partial charge >= 0.3 is 0 Å². The highest BCUT2D eigenvalue weighted by molar-refractivity contribution is 6.06. The van der Waals surface area contributed by atoms with E-state index in [0.29, 0.717) is 6.10 Å². The van der Waals surface area contributed by atoms with Crippen molar-refractivity contribution in [3.8, 4) is 0 Å². The second-order valence-electron chi connectivity index (χ2n) is 5.19. The van der Waals surface area contributed by atoms with E-state index in [1.165, 1.54) is 0 Å². The second kappa shape index (κ2) is 5.67. The van der Waals surface area contributed by atoms with Crippen molar-refractivity contribution in [2.45, 2.75) is 25.9 Å². The van der Waals surface area contributed by atoms with Crippen molar-refractivity contribution in [3.63, 3.8) is 0 Å². The molecule has 1 aromatic carbocycles. The number of hydrogen-bond acceptors (Lipinski definition) is 2. The summed E-state index contributed by atoms with van der Waals surface area (Å²) in [6.07, 6.45) is 4.06. The van der Waals surface area contributed by atoms with Gasteiger partial charge in [0.05, 0.1) is 6.10 Å². The van der Waals surface area contributed by atoms with Crippen LogP contribution in [0.3, 0.4) is 0 Å². The van der Waals surface area contributed by atoms with Gasteiger partial charge in [-0.1, -0.05) is 6.07 Å². The molecule has 0 saturated carbocycles. The first-order chi connectivity index (χ1) is 9.79. The molecule has 0 radical (unpaired) electrons. The van der Waals surface area contributed by atoms with Gasteiger partial charge in [0.25, 0.3) is 5.91 Å². The van der Waals surface area contributed by atoms with Crippen LogP contribution >= 0.6 is 0 Å². The number of fused-ring (bicyclic) bond motifs is 1. The third-order valence-electron chi connectivity index (χ3n) is 3.96. The first-order valence-corrected chi connectivity index (χ1v) is 7.26. The number of aromatic amines is 1. The van der Waals surface area contributed by atoms with Crippen LogP contribution in [0.15, 0.2) is 30.5 Å². The minimum atomic E-state index is 0.130. The predicted molar refractivity (Wildman–Crippen MR) is 78.9 cm³/mol. The number of amides is 1. The van der Waals surface area contributed by atoms with E-state index in [1.807, 2.05) is 42.3 Å². The van der Waals surface area contributed by atoms with Gasteiger partial charge in [-0.2, -0.15) is 0 Å². The van der Waals surface area contributed by atoms with Gasteiger partial charge in [-0.25, -0.2) is 0 Å². The second-order valence-corrected chi connectivity index (χ2v) is 5.19. The number of benzene rings is 1. The molecule has 1 aliphatic heterocycles. The van der Waals surface area contributed by atoms with E-state index in [0.717, 1.165) is 49.0 Å². The van der Waals surface area contributed by atoms with Crippen LogP contribution in [-0.4, -0.2) is 41.6 Å². The van der Waals surface area contributed by atoms with E-state index in [-0.39, 0.29) is 5.91 Å². The van der Waals surface area contributed by atoms with Crippen molar-refractivity contribution < 1.29 is 9.53 Å². The van der Waals surface area contributed by atoms with Crippen molar-refractivity contribution >= 4 is 16.8 Å². The van der Waals surface area contributed by atoms with Crippen molar-refractivity contribution in [2.75, 3.05) is 19.7 Å². The van der Waals surface area contributed by atoms with Crippen LogP contribution in [0.25, 0.3) is 10.9 Å². The lowest BCUT2D eigenvalue weighted by Gasteiger charge is -2.32. The number of rotatable bonds is 3. The normalized spacial score (nSPS) is 16.8. The molecule has 20 heavy (non-hydrogen) atoms. The highest BCUT2D eigenvalue weighted by Crippen LogP contribution is 2.21. The number of piperidine rings is 1. The number of carbonyl (C=O) groups excluding carboxylic acids is 1. The molecule has 1 N–H and O–H groups in total. The SMILES string of the molecule is CCOC1CCN(C(=O)c2cccc3[nH]ccc23)CC1. The maximum absolute atomic E-state index is 12.6. The third-order valence-corrected chi connectivity index (χ3v) is 3.96. The molecular weight excluding hydrogens is 252 g/mol. The molecule has 4 heteroatoms. The molecule has 1 aliphatic rings. The minimum absolute atomic E-state index is 0.130. The van der Waals surface area contributed by atoms with Gasteiger partial charge in [-0.05, 0) is 38.0 Å². The average Bonchev–Trinajstić information content (AvgIpc) is 2.96. The van der Waals surface area contributed by atoms with E-state index in [1.54, 1.807) is 0 Å². The average molecular weight is 272 g/mol. The summed E-state index contributed by atoms with van der Waals surface area (Å²) in [6, 6.07) is 7.80. The molecular formula is C16H20N2O2. The number of nitrogens with one attached hydrogen (secondary N) is 1. The first kappa shape index (κ1) is 13.2. The van der Waals surface area contributed by atoms with Crippen LogP contribution in [0.4, 0.5) is 0 Å². The summed E-state index contributed by atoms with van der Waals surface area (Å²) < 4.78 is 5.63. The van der Waals surface area contributed by atoms with Crippen LogP contribution < -0.4 is 0 Å². The maximum atomic E-state index is 12.6. The molecule has 2 heterocycles. The number of likely N-dealkylation sites (tertiary alicyclic amines) is 1. The largest absolute Gasteiger partial charge is 0.378 e. The van der Waals surface area contributed by atoms with Crippen LogP contribution in [0.5, 0.6) is 0 Å². The predicted octanol–water partition coefficient (Wildman–Crippen LogP) is 2.81. The summed E-state index contributed by atoms with van der Waals surface area (Å²) in [5, 5.41) is 1.00. The fourth-order valence-corrected chi connectivity index (χ4v) is 2.90. The quantitative estimate of drug-likeness (QED) is 0.933. The molecule has 3 rings (SSSR count). The molecule has 2 aromatic rings. The van der Waals surface area contributed by atoms with E-state index in [2.05, 4.69) is 4.98 Å². The van der Waals surface area contributed by atoms with Crippen molar-refractivity contribution in [3.05, 3.63) is 36.0 Å². The summed E-state index contributed by atoms with van der Waals surface area (Å²) in [4.78, 5) is 17.7. The van der Waals surface area contributed by atoms with E-state index < -0.39 is 0 Å². The Bertz CT molecular complexity index is 597. The zero-order valence-corrected chi connectivity index (χ0v) is 11.8. The Labute approximate surface area is 118 Å². The lowest BCUT2D eigenvalue weighted by atomic mass is 10.0. The Hall–Kier alpha value is -1.81. The fourth-order valence-electron chi connectivity index (χ4n) is 2.90. The fraction of sp³-hybridized carbons (Fsp3) is 0.438. The third kappa shape index (κ3) is 2.43. The van der Waals surface area contributed by atoms with Crippen LogP contribution in [0.2, 0.25) is 0 Å². The summed E-state index contributed by atoms with van der Waals surface area (Å²) in [6.45, 7) is 4.33.